The summed E-state index contributed by atoms with van der Waals surface area (Å²) in [6, 6.07) is 3.15. The molecular weight excluding hydrogens is 351 g/mol. The normalized spacial score (nSPS) is 12.0. The van der Waals surface area contributed by atoms with E-state index in [4.69, 9.17) is 15.3 Å². The second kappa shape index (κ2) is 8.79. The van der Waals surface area contributed by atoms with E-state index in [1.54, 1.807) is 6.92 Å². The molecule has 0 aliphatic heterocycles. The minimum atomic E-state index is -2.94. The summed E-state index contributed by atoms with van der Waals surface area (Å²) >= 11 is 0. The van der Waals surface area contributed by atoms with Crippen LogP contribution in [-0.4, -0.2) is 35.6 Å². The Bertz CT molecular complexity index is 828. The molecule has 0 aliphatic rings. The molecule has 138 valence electrons. The number of benzene rings is 1. The Morgan fingerprint density at radius 1 is 1.38 bits per heavy atom. The van der Waals surface area contributed by atoms with E-state index in [0.717, 1.165) is 17.7 Å². The van der Waals surface area contributed by atoms with Crippen LogP contribution in [0.3, 0.4) is 0 Å². The number of aromatic nitrogens is 2. The van der Waals surface area contributed by atoms with Gasteiger partial charge in [0.1, 0.15) is 18.1 Å². The van der Waals surface area contributed by atoms with Crippen LogP contribution in [0.2, 0.25) is 0 Å². The fourth-order valence-corrected chi connectivity index (χ4v) is 1.86. The SMILES string of the molecule is COc1nc(OCC(C=Nc2ccc(F)c(C(F)F)c2)=NN)ncc1C. The highest BCUT2D eigenvalue weighted by molar-refractivity contribution is 6.31. The molecule has 2 rings (SSSR count). The average molecular weight is 367 g/mol. The third-order valence-corrected chi connectivity index (χ3v) is 3.19. The zero-order valence-electron chi connectivity index (χ0n) is 14.0. The Hall–Kier alpha value is -3.17. The number of alkyl halides is 2. The smallest absolute Gasteiger partial charge is 0.320 e. The van der Waals surface area contributed by atoms with Crippen molar-refractivity contribution >= 4 is 17.6 Å². The van der Waals surface area contributed by atoms with E-state index in [1.165, 1.54) is 25.6 Å². The highest BCUT2D eigenvalue weighted by Gasteiger charge is 2.13. The van der Waals surface area contributed by atoms with Crippen LogP contribution in [0.1, 0.15) is 17.6 Å². The topological polar surface area (TPSA) is 95.0 Å². The summed E-state index contributed by atoms with van der Waals surface area (Å²) in [4.78, 5) is 11.9. The molecular formula is C16H16F3N5O2. The fourth-order valence-electron chi connectivity index (χ4n) is 1.86. The average Bonchev–Trinajstić information content (AvgIpc) is 2.63. The van der Waals surface area contributed by atoms with Gasteiger partial charge in [0, 0.05) is 11.8 Å². The largest absolute Gasteiger partial charge is 0.481 e. The van der Waals surface area contributed by atoms with Crippen molar-refractivity contribution in [1.82, 2.24) is 9.97 Å². The maximum Gasteiger partial charge on any atom is 0.320 e. The minimum Gasteiger partial charge on any atom is -0.481 e. The van der Waals surface area contributed by atoms with Crippen molar-refractivity contribution in [2.45, 2.75) is 13.3 Å². The molecule has 1 aromatic carbocycles. The Morgan fingerprint density at radius 3 is 2.81 bits per heavy atom. The van der Waals surface area contributed by atoms with Gasteiger partial charge >= 0.3 is 6.01 Å². The van der Waals surface area contributed by atoms with Gasteiger partial charge in [-0.3, -0.25) is 4.99 Å². The fraction of sp³-hybridized carbons (Fsp3) is 0.250. The molecule has 0 spiro atoms. The molecule has 2 aromatic rings. The standard InChI is InChI=1S/C16H16F3N5O2/c1-9-6-22-16(23-15(9)25-2)26-8-11(24-20)7-21-10-3-4-13(17)12(5-10)14(18)19/h3-7,14H,8,20H2,1-2H3. The number of nitrogens with two attached hydrogens (primary N) is 1. The van der Waals surface area contributed by atoms with Crippen LogP contribution in [0.25, 0.3) is 0 Å². The van der Waals surface area contributed by atoms with Crippen molar-refractivity contribution in [2.24, 2.45) is 15.9 Å². The lowest BCUT2D eigenvalue weighted by Gasteiger charge is -2.07. The maximum absolute atomic E-state index is 13.3. The third-order valence-electron chi connectivity index (χ3n) is 3.19. The number of aryl methyl sites for hydroxylation is 1. The third kappa shape index (κ3) is 4.91. The summed E-state index contributed by atoms with van der Waals surface area (Å²) in [6.07, 6.45) is -0.197. The number of hydrazone groups is 1. The molecule has 0 fully saturated rings. The lowest BCUT2D eigenvalue weighted by atomic mass is 10.2. The molecule has 0 amide bonds. The van der Waals surface area contributed by atoms with Gasteiger partial charge in [-0.15, -0.1) is 0 Å². The number of aliphatic imine (C=N–C) groups is 1. The second-order valence-electron chi connectivity index (χ2n) is 5.02. The van der Waals surface area contributed by atoms with Crippen molar-refractivity contribution in [2.75, 3.05) is 13.7 Å². The summed E-state index contributed by atoms with van der Waals surface area (Å²) in [5.74, 6) is 4.62. The van der Waals surface area contributed by atoms with E-state index in [9.17, 15) is 13.2 Å². The van der Waals surface area contributed by atoms with Gasteiger partial charge in [0.25, 0.3) is 6.43 Å². The van der Waals surface area contributed by atoms with Gasteiger partial charge < -0.3 is 15.3 Å². The van der Waals surface area contributed by atoms with Crippen LogP contribution in [0.15, 0.2) is 34.5 Å². The first-order chi connectivity index (χ1) is 12.4. The number of ether oxygens (including phenoxy) is 2. The number of rotatable bonds is 7. The molecule has 1 heterocycles. The highest BCUT2D eigenvalue weighted by atomic mass is 19.3. The summed E-state index contributed by atoms with van der Waals surface area (Å²) in [7, 11) is 1.47. The zero-order chi connectivity index (χ0) is 19.1. The van der Waals surface area contributed by atoms with Gasteiger partial charge in [-0.1, -0.05) is 0 Å². The summed E-state index contributed by atoms with van der Waals surface area (Å²) < 4.78 is 49.0. The second-order valence-corrected chi connectivity index (χ2v) is 5.02. The predicted octanol–water partition coefficient (Wildman–Crippen LogP) is 2.97. The molecule has 0 atom stereocenters. The van der Waals surface area contributed by atoms with Gasteiger partial charge in [0.15, 0.2) is 0 Å². The van der Waals surface area contributed by atoms with Gasteiger partial charge in [0.05, 0.1) is 24.6 Å². The van der Waals surface area contributed by atoms with Gasteiger partial charge in [-0.05, 0) is 25.1 Å². The molecule has 0 unspecified atom stereocenters. The van der Waals surface area contributed by atoms with Crippen LogP contribution >= 0.6 is 0 Å². The van der Waals surface area contributed by atoms with Crippen molar-refractivity contribution < 1.29 is 22.6 Å². The number of hydrogen-bond donors (Lipinski definition) is 1. The Morgan fingerprint density at radius 2 is 2.15 bits per heavy atom. The molecule has 10 heteroatoms. The number of hydrogen-bond acceptors (Lipinski definition) is 7. The van der Waals surface area contributed by atoms with Crippen LogP contribution < -0.4 is 15.3 Å². The van der Waals surface area contributed by atoms with Gasteiger partial charge in [-0.25, -0.2) is 18.2 Å². The lowest BCUT2D eigenvalue weighted by Crippen LogP contribution is -2.16. The Balaban J connectivity index is 2.06. The van der Waals surface area contributed by atoms with Crippen LogP contribution in [0.5, 0.6) is 11.9 Å². The molecule has 0 saturated carbocycles. The number of halogens is 3. The summed E-state index contributed by atoms with van der Waals surface area (Å²) in [6.45, 7) is 1.66. The lowest BCUT2D eigenvalue weighted by molar-refractivity contribution is 0.146. The van der Waals surface area contributed by atoms with E-state index in [1.807, 2.05) is 0 Å². The molecule has 1 aromatic heterocycles. The molecule has 0 aliphatic carbocycles. The monoisotopic (exact) mass is 367 g/mol. The quantitative estimate of drug-likeness (QED) is 0.461. The molecule has 0 saturated heterocycles. The zero-order valence-corrected chi connectivity index (χ0v) is 14.0. The predicted molar refractivity (Wildman–Crippen MR) is 89.9 cm³/mol. The summed E-state index contributed by atoms with van der Waals surface area (Å²) in [5, 5.41) is 3.49. The molecule has 7 nitrogen and oxygen atoms in total. The van der Waals surface area contributed by atoms with Crippen LogP contribution in [0, 0.1) is 12.7 Å². The molecule has 26 heavy (non-hydrogen) atoms. The maximum atomic E-state index is 13.3. The van der Waals surface area contributed by atoms with Crippen molar-refractivity contribution in [3.63, 3.8) is 0 Å². The molecule has 2 N–H and O–H groups in total. The number of methoxy groups -OCH3 is 1. The first kappa shape index (κ1) is 19.2. The van der Waals surface area contributed by atoms with E-state index in [2.05, 4.69) is 20.1 Å². The van der Waals surface area contributed by atoms with E-state index < -0.39 is 17.8 Å². The Labute approximate surface area is 147 Å². The molecule has 0 radical (unpaired) electrons. The van der Waals surface area contributed by atoms with Crippen LogP contribution in [-0.2, 0) is 0 Å². The van der Waals surface area contributed by atoms with E-state index in [0.29, 0.717) is 5.88 Å². The molecule has 0 bridgehead atoms. The van der Waals surface area contributed by atoms with E-state index in [-0.39, 0.29) is 24.0 Å². The minimum absolute atomic E-state index is 0.0452. The first-order valence-corrected chi connectivity index (χ1v) is 7.33. The Kier molecular flexibility index (Phi) is 6.48. The van der Waals surface area contributed by atoms with Crippen molar-refractivity contribution in [1.29, 1.82) is 0 Å². The first-order valence-electron chi connectivity index (χ1n) is 7.33. The highest BCUT2D eigenvalue weighted by Crippen LogP contribution is 2.26. The van der Waals surface area contributed by atoms with Crippen LogP contribution in [0.4, 0.5) is 18.9 Å². The van der Waals surface area contributed by atoms with Gasteiger partial charge in [-0.2, -0.15) is 10.1 Å². The van der Waals surface area contributed by atoms with Crippen molar-refractivity contribution in [3.8, 4) is 11.9 Å². The van der Waals surface area contributed by atoms with Gasteiger partial charge in [0.2, 0.25) is 5.88 Å². The number of nitrogens with zero attached hydrogens (tertiary/aromatic N) is 4. The van der Waals surface area contributed by atoms with Crippen molar-refractivity contribution in [3.05, 3.63) is 41.3 Å². The summed E-state index contributed by atoms with van der Waals surface area (Å²) in [5.41, 5.74) is 0.315. The van der Waals surface area contributed by atoms with E-state index >= 15 is 0 Å².